The van der Waals surface area contributed by atoms with Gasteiger partial charge in [-0.2, -0.15) is 0 Å². The molecule has 8 nitrogen and oxygen atoms in total. The SMILES string of the molecule is CC(C(=O)NC(C)(C)C)N(Cc1cccc(Cl)c1)C(=O)CN(c1ccc(OCc2ccccc2)cc1)S(C)(=O)=O. The van der Waals surface area contributed by atoms with Gasteiger partial charge < -0.3 is 15.0 Å². The lowest BCUT2D eigenvalue weighted by Crippen LogP contribution is -2.54. The van der Waals surface area contributed by atoms with Gasteiger partial charge >= 0.3 is 0 Å². The molecule has 0 spiro atoms. The second-order valence-electron chi connectivity index (χ2n) is 10.6. The van der Waals surface area contributed by atoms with E-state index in [0.29, 0.717) is 28.6 Å². The molecule has 3 aromatic rings. The first-order chi connectivity index (χ1) is 18.7. The van der Waals surface area contributed by atoms with Crippen LogP contribution in [0.1, 0.15) is 38.8 Å². The third-order valence-corrected chi connectivity index (χ3v) is 7.34. The molecule has 40 heavy (non-hydrogen) atoms. The zero-order valence-electron chi connectivity index (χ0n) is 23.4. The molecule has 0 heterocycles. The van der Waals surface area contributed by atoms with Gasteiger partial charge in [-0.25, -0.2) is 8.42 Å². The molecule has 3 rings (SSSR count). The molecule has 0 aliphatic carbocycles. The van der Waals surface area contributed by atoms with Gasteiger partial charge in [-0.05, 0) is 75.2 Å². The topological polar surface area (TPSA) is 96.0 Å². The van der Waals surface area contributed by atoms with Gasteiger partial charge in [-0.1, -0.05) is 54.1 Å². The summed E-state index contributed by atoms with van der Waals surface area (Å²) in [5.74, 6) is -0.331. The molecule has 0 fully saturated rings. The number of hydrogen-bond acceptors (Lipinski definition) is 5. The van der Waals surface area contributed by atoms with E-state index in [1.54, 1.807) is 55.5 Å². The lowest BCUT2D eigenvalue weighted by Gasteiger charge is -2.33. The molecular formula is C30H36ClN3O5S. The van der Waals surface area contributed by atoms with Crippen LogP contribution >= 0.6 is 11.6 Å². The van der Waals surface area contributed by atoms with Gasteiger partial charge in [0.25, 0.3) is 0 Å². The van der Waals surface area contributed by atoms with Gasteiger partial charge in [0.1, 0.15) is 24.9 Å². The molecule has 0 radical (unpaired) electrons. The third-order valence-electron chi connectivity index (χ3n) is 5.96. The second-order valence-corrected chi connectivity index (χ2v) is 12.9. The van der Waals surface area contributed by atoms with E-state index >= 15 is 0 Å². The van der Waals surface area contributed by atoms with Crippen molar-refractivity contribution >= 4 is 39.1 Å². The molecule has 1 unspecified atom stereocenters. The zero-order valence-corrected chi connectivity index (χ0v) is 25.0. The minimum atomic E-state index is -3.85. The quantitative estimate of drug-likeness (QED) is 0.341. The van der Waals surface area contributed by atoms with Crippen molar-refractivity contribution in [2.75, 3.05) is 17.1 Å². The Morgan fingerprint density at radius 2 is 1.57 bits per heavy atom. The molecule has 0 aliphatic rings. The Hall–Kier alpha value is -3.56. The molecule has 0 saturated heterocycles. The van der Waals surface area contributed by atoms with E-state index in [0.717, 1.165) is 16.1 Å². The summed E-state index contributed by atoms with van der Waals surface area (Å²) in [6, 6.07) is 22.3. The van der Waals surface area contributed by atoms with Gasteiger partial charge in [0, 0.05) is 17.1 Å². The maximum atomic E-state index is 13.7. The number of amides is 2. The maximum absolute atomic E-state index is 13.7. The van der Waals surface area contributed by atoms with Gasteiger partial charge in [-0.15, -0.1) is 0 Å². The van der Waals surface area contributed by atoms with Crippen molar-refractivity contribution in [1.29, 1.82) is 0 Å². The predicted octanol–water partition coefficient (Wildman–Crippen LogP) is 5.02. The lowest BCUT2D eigenvalue weighted by molar-refractivity contribution is -0.140. The Balaban J connectivity index is 1.83. The van der Waals surface area contributed by atoms with Crippen LogP contribution in [-0.4, -0.2) is 49.5 Å². The van der Waals surface area contributed by atoms with E-state index < -0.39 is 34.1 Å². The monoisotopic (exact) mass is 585 g/mol. The third kappa shape index (κ3) is 9.27. The van der Waals surface area contributed by atoms with Crippen LogP contribution in [0.25, 0.3) is 0 Å². The second kappa shape index (κ2) is 13.2. The number of hydrogen-bond donors (Lipinski definition) is 1. The zero-order chi connectivity index (χ0) is 29.5. The number of benzene rings is 3. The van der Waals surface area contributed by atoms with Gasteiger partial charge in [0.2, 0.25) is 21.8 Å². The Bertz CT molecular complexity index is 1410. The summed E-state index contributed by atoms with van der Waals surface area (Å²) < 4.78 is 32.4. The Morgan fingerprint density at radius 3 is 2.15 bits per heavy atom. The van der Waals surface area contributed by atoms with Crippen LogP contribution in [0.2, 0.25) is 5.02 Å². The average Bonchev–Trinajstić information content (AvgIpc) is 2.88. The fourth-order valence-corrected chi connectivity index (χ4v) is 5.01. The first-order valence-electron chi connectivity index (χ1n) is 12.8. The number of rotatable bonds is 11. The smallest absolute Gasteiger partial charge is 0.244 e. The van der Waals surface area contributed by atoms with Crippen molar-refractivity contribution in [1.82, 2.24) is 10.2 Å². The van der Waals surface area contributed by atoms with Crippen LogP contribution in [0.4, 0.5) is 5.69 Å². The van der Waals surface area contributed by atoms with Crippen molar-refractivity contribution < 1.29 is 22.7 Å². The molecule has 0 saturated carbocycles. The highest BCUT2D eigenvalue weighted by molar-refractivity contribution is 7.92. The van der Waals surface area contributed by atoms with Gasteiger partial charge in [-0.3, -0.25) is 13.9 Å². The molecule has 0 aromatic heterocycles. The lowest BCUT2D eigenvalue weighted by atomic mass is 10.1. The van der Waals surface area contributed by atoms with Crippen molar-refractivity contribution in [3.63, 3.8) is 0 Å². The summed E-state index contributed by atoms with van der Waals surface area (Å²) in [4.78, 5) is 28.1. The molecule has 0 bridgehead atoms. The highest BCUT2D eigenvalue weighted by Crippen LogP contribution is 2.23. The number of carbonyl (C=O) groups excluding carboxylic acids is 2. The average molecular weight is 586 g/mol. The molecule has 2 amide bonds. The molecular weight excluding hydrogens is 550 g/mol. The van der Waals surface area contributed by atoms with E-state index in [1.807, 2.05) is 51.1 Å². The van der Waals surface area contributed by atoms with Crippen LogP contribution in [-0.2, 0) is 32.8 Å². The summed E-state index contributed by atoms with van der Waals surface area (Å²) in [6.45, 7) is 7.10. The van der Waals surface area contributed by atoms with Crippen LogP contribution in [0, 0.1) is 0 Å². The summed E-state index contributed by atoms with van der Waals surface area (Å²) in [5, 5.41) is 3.38. The fourth-order valence-electron chi connectivity index (χ4n) is 3.95. The molecule has 1 atom stereocenters. The minimum absolute atomic E-state index is 0.0714. The molecule has 10 heteroatoms. The van der Waals surface area contributed by atoms with Crippen molar-refractivity contribution in [3.05, 3.63) is 95.0 Å². The van der Waals surface area contributed by atoms with E-state index in [2.05, 4.69) is 5.32 Å². The Kier molecular flexibility index (Phi) is 10.2. The number of nitrogens with one attached hydrogen (secondary N) is 1. The number of nitrogens with zero attached hydrogens (tertiary/aromatic N) is 2. The number of anilines is 1. The fraction of sp³-hybridized carbons (Fsp3) is 0.333. The van der Waals surface area contributed by atoms with Gasteiger partial charge in [0.15, 0.2) is 0 Å². The summed E-state index contributed by atoms with van der Waals surface area (Å²) >= 11 is 6.15. The summed E-state index contributed by atoms with van der Waals surface area (Å²) in [6.07, 6.45) is 1.04. The highest BCUT2D eigenvalue weighted by atomic mass is 35.5. The van der Waals surface area contributed by atoms with E-state index in [4.69, 9.17) is 16.3 Å². The summed E-state index contributed by atoms with van der Waals surface area (Å²) in [5.41, 5.74) is 1.50. The van der Waals surface area contributed by atoms with Crippen LogP contribution in [0.3, 0.4) is 0 Å². The maximum Gasteiger partial charge on any atom is 0.244 e. The van der Waals surface area contributed by atoms with Crippen molar-refractivity contribution in [2.45, 2.75) is 52.4 Å². The van der Waals surface area contributed by atoms with E-state index in [1.165, 1.54) is 4.90 Å². The molecule has 1 N–H and O–H groups in total. The van der Waals surface area contributed by atoms with E-state index in [-0.39, 0.29) is 12.5 Å². The first kappa shape index (κ1) is 31.0. The normalized spacial score (nSPS) is 12.3. The largest absolute Gasteiger partial charge is 0.489 e. The Morgan fingerprint density at radius 1 is 0.950 bits per heavy atom. The number of halogens is 1. The van der Waals surface area contributed by atoms with Crippen LogP contribution in [0.15, 0.2) is 78.9 Å². The minimum Gasteiger partial charge on any atom is -0.489 e. The number of ether oxygens (including phenoxy) is 1. The Labute approximate surface area is 241 Å². The summed E-state index contributed by atoms with van der Waals surface area (Å²) in [7, 11) is -3.85. The first-order valence-corrected chi connectivity index (χ1v) is 15.1. The van der Waals surface area contributed by atoms with Crippen molar-refractivity contribution in [3.8, 4) is 5.75 Å². The van der Waals surface area contributed by atoms with Crippen LogP contribution < -0.4 is 14.4 Å². The number of sulfonamides is 1. The molecule has 214 valence electrons. The van der Waals surface area contributed by atoms with Gasteiger partial charge in [0.05, 0.1) is 11.9 Å². The van der Waals surface area contributed by atoms with Crippen LogP contribution in [0.5, 0.6) is 5.75 Å². The number of carbonyl (C=O) groups is 2. The highest BCUT2D eigenvalue weighted by Gasteiger charge is 2.31. The van der Waals surface area contributed by atoms with E-state index in [9.17, 15) is 18.0 Å². The molecule has 3 aromatic carbocycles. The van der Waals surface area contributed by atoms with Crippen molar-refractivity contribution in [2.24, 2.45) is 0 Å². The predicted molar refractivity (Wildman–Crippen MR) is 159 cm³/mol. The molecule has 0 aliphatic heterocycles. The standard InChI is InChI=1S/C30H36ClN3O5S/c1-22(29(36)32-30(2,3)4)33(19-24-12-9-13-25(31)18-24)28(35)20-34(40(5,37)38)26-14-16-27(17-15-26)39-21-23-10-7-6-8-11-23/h6-18,22H,19-21H2,1-5H3,(H,32,36).